The zero-order chi connectivity index (χ0) is 14.6. The van der Waals surface area contributed by atoms with Gasteiger partial charge in [0, 0.05) is 18.2 Å². The summed E-state index contributed by atoms with van der Waals surface area (Å²) >= 11 is 0. The summed E-state index contributed by atoms with van der Waals surface area (Å²) in [5.74, 6) is 0. The Morgan fingerprint density at radius 2 is 2.20 bits per heavy atom. The van der Waals surface area contributed by atoms with Gasteiger partial charge in [0.05, 0.1) is 6.20 Å². The quantitative estimate of drug-likeness (QED) is 0.687. The third-order valence-corrected chi connectivity index (χ3v) is 5.15. The number of nitrogens with two attached hydrogens (primary N) is 1. The maximum atomic E-state index is 12.3. The molecule has 1 aromatic rings. The minimum absolute atomic E-state index is 0.0120. The molecule has 1 aliphatic heterocycles. The van der Waals surface area contributed by atoms with Crippen molar-refractivity contribution in [3.05, 3.63) is 11.8 Å². The summed E-state index contributed by atoms with van der Waals surface area (Å²) in [6, 6.07) is -0.0120. The summed E-state index contributed by atoms with van der Waals surface area (Å²) < 4.78 is 27.3. The fourth-order valence-electron chi connectivity index (χ4n) is 2.55. The molecule has 1 saturated heterocycles. The van der Waals surface area contributed by atoms with Crippen molar-refractivity contribution in [2.24, 2.45) is 5.73 Å². The first-order valence-electron chi connectivity index (χ1n) is 7.03. The average Bonchev–Trinajstić information content (AvgIpc) is 2.90. The number of hydrogen-bond donors (Lipinski definition) is 3. The molecule has 0 radical (unpaired) electrons. The van der Waals surface area contributed by atoms with E-state index >= 15 is 0 Å². The molecular formula is C12H23N5O2S. The number of H-pyrrole nitrogens is 1. The van der Waals surface area contributed by atoms with Crippen LogP contribution in [0.1, 0.15) is 31.7 Å². The molecule has 0 spiro atoms. The Morgan fingerprint density at radius 1 is 1.50 bits per heavy atom. The predicted molar refractivity (Wildman–Crippen MR) is 76.6 cm³/mol. The highest BCUT2D eigenvalue weighted by Gasteiger charge is 2.26. The molecule has 2 rings (SSSR count). The first kappa shape index (κ1) is 15.4. The van der Waals surface area contributed by atoms with Crippen LogP contribution < -0.4 is 10.5 Å². The van der Waals surface area contributed by atoms with E-state index in [0.29, 0.717) is 5.56 Å². The lowest BCUT2D eigenvalue weighted by Gasteiger charge is -2.31. The monoisotopic (exact) mass is 301 g/mol. The third-order valence-electron chi connectivity index (χ3n) is 3.62. The molecule has 0 unspecified atom stereocenters. The van der Waals surface area contributed by atoms with E-state index in [1.807, 2.05) is 0 Å². The number of likely N-dealkylation sites (tertiary alicyclic amines) is 1. The van der Waals surface area contributed by atoms with Gasteiger partial charge in [-0.25, -0.2) is 13.1 Å². The van der Waals surface area contributed by atoms with Gasteiger partial charge in [0.15, 0.2) is 5.03 Å². The second-order valence-electron chi connectivity index (χ2n) is 5.17. The molecular weight excluding hydrogens is 278 g/mol. The number of sulfonamides is 1. The van der Waals surface area contributed by atoms with Crippen molar-refractivity contribution in [2.75, 3.05) is 19.6 Å². The minimum Gasteiger partial charge on any atom is -0.326 e. The van der Waals surface area contributed by atoms with Crippen molar-refractivity contribution in [1.82, 2.24) is 19.8 Å². The van der Waals surface area contributed by atoms with E-state index in [1.54, 1.807) is 0 Å². The summed E-state index contributed by atoms with van der Waals surface area (Å²) in [7, 11) is -3.56. The van der Waals surface area contributed by atoms with Crippen LogP contribution in [0.25, 0.3) is 0 Å². The Labute approximate surface area is 120 Å². The molecule has 2 heterocycles. The Balaban J connectivity index is 1.97. The van der Waals surface area contributed by atoms with Crippen LogP contribution in [0.3, 0.4) is 0 Å². The van der Waals surface area contributed by atoms with Crippen molar-refractivity contribution in [2.45, 2.75) is 43.8 Å². The van der Waals surface area contributed by atoms with E-state index in [9.17, 15) is 8.42 Å². The lowest BCUT2D eigenvalue weighted by atomic mass is 10.1. The number of rotatable bonds is 6. The first-order chi connectivity index (χ1) is 9.56. The molecule has 0 aromatic carbocycles. The molecule has 1 aliphatic rings. The molecule has 114 valence electrons. The first-order valence-corrected chi connectivity index (χ1v) is 8.52. The van der Waals surface area contributed by atoms with Crippen molar-refractivity contribution in [1.29, 1.82) is 0 Å². The summed E-state index contributed by atoms with van der Waals surface area (Å²) in [6.07, 6.45) is 4.26. The fraction of sp³-hybridized carbons (Fsp3) is 0.750. The lowest BCUT2D eigenvalue weighted by Crippen LogP contribution is -2.44. The number of aromatic amines is 1. The van der Waals surface area contributed by atoms with Crippen molar-refractivity contribution >= 4 is 10.0 Å². The number of hydrogen-bond acceptors (Lipinski definition) is 5. The Bertz CT molecular complexity index is 520. The van der Waals surface area contributed by atoms with Crippen LogP contribution in [0.4, 0.5) is 0 Å². The van der Waals surface area contributed by atoms with Crippen LogP contribution in [0.2, 0.25) is 0 Å². The largest absolute Gasteiger partial charge is 0.326 e. The molecule has 0 saturated carbocycles. The normalized spacial score (nSPS) is 18.5. The van der Waals surface area contributed by atoms with Gasteiger partial charge >= 0.3 is 0 Å². The average molecular weight is 301 g/mol. The van der Waals surface area contributed by atoms with Crippen LogP contribution in [0.15, 0.2) is 11.2 Å². The molecule has 0 atom stereocenters. The van der Waals surface area contributed by atoms with Crippen molar-refractivity contribution in [3.8, 4) is 0 Å². The Morgan fingerprint density at radius 3 is 2.80 bits per heavy atom. The van der Waals surface area contributed by atoms with E-state index < -0.39 is 10.0 Å². The zero-order valence-corrected chi connectivity index (χ0v) is 12.6. The minimum atomic E-state index is -3.56. The van der Waals surface area contributed by atoms with Gasteiger partial charge in [0.2, 0.25) is 0 Å². The summed E-state index contributed by atoms with van der Waals surface area (Å²) in [5, 5.41) is 6.37. The van der Waals surface area contributed by atoms with Crippen LogP contribution in [0, 0.1) is 0 Å². The number of nitrogens with one attached hydrogen (secondary N) is 2. The van der Waals surface area contributed by atoms with Gasteiger partial charge in [-0.05, 0) is 38.9 Å². The van der Waals surface area contributed by atoms with E-state index in [2.05, 4.69) is 26.7 Å². The van der Waals surface area contributed by atoms with Crippen LogP contribution in [-0.4, -0.2) is 49.2 Å². The van der Waals surface area contributed by atoms with E-state index in [0.717, 1.165) is 38.9 Å². The second-order valence-corrected chi connectivity index (χ2v) is 6.82. The van der Waals surface area contributed by atoms with Crippen LogP contribution >= 0.6 is 0 Å². The van der Waals surface area contributed by atoms with Gasteiger partial charge in [0.25, 0.3) is 10.0 Å². The highest BCUT2D eigenvalue weighted by Crippen LogP contribution is 2.16. The molecule has 1 aromatic heterocycles. The molecule has 8 heteroatoms. The van der Waals surface area contributed by atoms with Crippen molar-refractivity contribution in [3.63, 3.8) is 0 Å². The zero-order valence-electron chi connectivity index (χ0n) is 11.8. The van der Waals surface area contributed by atoms with Gasteiger partial charge in [0.1, 0.15) is 0 Å². The maximum absolute atomic E-state index is 12.3. The van der Waals surface area contributed by atoms with E-state index in [-0.39, 0.29) is 17.6 Å². The molecule has 4 N–H and O–H groups in total. The molecule has 7 nitrogen and oxygen atoms in total. The van der Waals surface area contributed by atoms with Gasteiger partial charge < -0.3 is 10.6 Å². The SMILES string of the molecule is CCCN1CCC(NS(=O)(=O)c2[nH]ncc2CN)CC1. The molecule has 0 amide bonds. The molecule has 0 aliphatic carbocycles. The molecule has 0 bridgehead atoms. The van der Waals surface area contributed by atoms with Gasteiger partial charge in [-0.15, -0.1) is 0 Å². The smallest absolute Gasteiger partial charge is 0.258 e. The number of aromatic nitrogens is 2. The third kappa shape index (κ3) is 3.57. The molecule has 1 fully saturated rings. The fourth-order valence-corrected chi connectivity index (χ4v) is 3.99. The molecule has 20 heavy (non-hydrogen) atoms. The highest BCUT2D eigenvalue weighted by molar-refractivity contribution is 7.89. The summed E-state index contributed by atoms with van der Waals surface area (Å²) in [5.41, 5.74) is 6.03. The predicted octanol–water partition coefficient (Wildman–Crippen LogP) is 0.0211. The highest BCUT2D eigenvalue weighted by atomic mass is 32.2. The maximum Gasteiger partial charge on any atom is 0.258 e. The van der Waals surface area contributed by atoms with E-state index in [4.69, 9.17) is 5.73 Å². The van der Waals surface area contributed by atoms with Gasteiger partial charge in [-0.1, -0.05) is 6.92 Å². The number of piperidine rings is 1. The number of nitrogens with zero attached hydrogens (tertiary/aromatic N) is 2. The lowest BCUT2D eigenvalue weighted by molar-refractivity contribution is 0.208. The van der Waals surface area contributed by atoms with Crippen molar-refractivity contribution < 1.29 is 8.42 Å². The van der Waals surface area contributed by atoms with E-state index in [1.165, 1.54) is 6.20 Å². The topological polar surface area (TPSA) is 104 Å². The second kappa shape index (κ2) is 6.66. The standard InChI is InChI=1S/C12H23N5O2S/c1-2-5-17-6-3-11(4-7-17)16-20(18,19)12-10(8-13)9-14-15-12/h9,11,16H,2-8,13H2,1H3,(H,14,15). The van der Waals surface area contributed by atoms with Gasteiger partial charge in [-0.3, -0.25) is 5.10 Å². The Hall–Kier alpha value is -0.960. The summed E-state index contributed by atoms with van der Waals surface area (Å²) in [4.78, 5) is 2.37. The summed E-state index contributed by atoms with van der Waals surface area (Å²) in [6.45, 7) is 5.27. The van der Waals surface area contributed by atoms with Crippen LogP contribution in [0.5, 0.6) is 0 Å². The van der Waals surface area contributed by atoms with Gasteiger partial charge in [-0.2, -0.15) is 5.10 Å². The Kier molecular flexibility index (Phi) is 5.14. The van der Waals surface area contributed by atoms with Crippen LogP contribution in [-0.2, 0) is 16.6 Å².